The summed E-state index contributed by atoms with van der Waals surface area (Å²) in [6.45, 7) is 4.53. The van der Waals surface area contributed by atoms with Gasteiger partial charge in [0.25, 0.3) is 0 Å². The van der Waals surface area contributed by atoms with E-state index in [1.807, 2.05) is 66.9 Å². The van der Waals surface area contributed by atoms with Gasteiger partial charge in [0.1, 0.15) is 5.75 Å². The zero-order chi connectivity index (χ0) is 20.2. The predicted molar refractivity (Wildman–Crippen MR) is 113 cm³/mol. The van der Waals surface area contributed by atoms with Crippen LogP contribution in [0.4, 0.5) is 16.2 Å². The Bertz CT molecular complexity index is 1150. The van der Waals surface area contributed by atoms with Crippen molar-refractivity contribution < 1.29 is 9.53 Å². The fourth-order valence-corrected chi connectivity index (χ4v) is 3.11. The number of nitrogens with one attached hydrogen (secondary N) is 2. The van der Waals surface area contributed by atoms with Gasteiger partial charge in [-0.3, -0.25) is 4.40 Å². The summed E-state index contributed by atoms with van der Waals surface area (Å²) in [5.41, 5.74) is 4.09. The Balaban J connectivity index is 1.49. The average molecular weight is 387 g/mol. The second-order valence-electron chi connectivity index (χ2n) is 6.45. The minimum atomic E-state index is -0.320. The van der Waals surface area contributed by atoms with E-state index in [1.54, 1.807) is 18.3 Å². The van der Waals surface area contributed by atoms with Crippen molar-refractivity contribution in [1.29, 1.82) is 0 Å². The molecule has 4 rings (SSSR count). The molecule has 4 aromatic rings. The van der Waals surface area contributed by atoms with Crippen LogP contribution in [0.25, 0.3) is 17.0 Å². The van der Waals surface area contributed by atoms with E-state index in [0.29, 0.717) is 23.8 Å². The maximum absolute atomic E-state index is 12.4. The molecule has 2 aromatic carbocycles. The molecule has 7 nitrogen and oxygen atoms in total. The minimum absolute atomic E-state index is 0.320. The van der Waals surface area contributed by atoms with Gasteiger partial charge in [-0.15, -0.1) is 0 Å². The Morgan fingerprint density at radius 2 is 1.86 bits per heavy atom. The van der Waals surface area contributed by atoms with E-state index in [9.17, 15) is 4.79 Å². The Morgan fingerprint density at radius 1 is 1.07 bits per heavy atom. The topological polar surface area (TPSA) is 80.5 Å². The van der Waals surface area contributed by atoms with Crippen LogP contribution in [0.3, 0.4) is 0 Å². The summed E-state index contributed by atoms with van der Waals surface area (Å²) >= 11 is 0. The predicted octanol–water partition coefficient (Wildman–Crippen LogP) is 4.75. The molecule has 7 heteroatoms. The lowest BCUT2D eigenvalue weighted by molar-refractivity contribution is 0.262. The quantitative estimate of drug-likeness (QED) is 0.518. The summed E-state index contributed by atoms with van der Waals surface area (Å²) in [6, 6.07) is 16.4. The number of fused-ring (bicyclic) bond motifs is 1. The fraction of sp³-hybridized carbons (Fsp3) is 0.136. The SMILES string of the molecule is CCOc1ccc(NC(=O)Nc2cccc(-c3nc4ncccn4c3C)c2)cc1. The third-order valence-corrected chi connectivity index (χ3v) is 4.46. The van der Waals surface area contributed by atoms with Crippen molar-refractivity contribution in [2.45, 2.75) is 13.8 Å². The smallest absolute Gasteiger partial charge is 0.323 e. The first-order valence-electron chi connectivity index (χ1n) is 9.35. The van der Waals surface area contributed by atoms with E-state index in [0.717, 1.165) is 22.7 Å². The summed E-state index contributed by atoms with van der Waals surface area (Å²) < 4.78 is 7.35. The summed E-state index contributed by atoms with van der Waals surface area (Å²) in [6.07, 6.45) is 3.65. The van der Waals surface area contributed by atoms with Crippen molar-refractivity contribution in [3.05, 3.63) is 72.7 Å². The van der Waals surface area contributed by atoms with Crippen LogP contribution >= 0.6 is 0 Å². The largest absolute Gasteiger partial charge is 0.494 e. The van der Waals surface area contributed by atoms with Crippen LogP contribution in [0.5, 0.6) is 5.75 Å². The highest BCUT2D eigenvalue weighted by atomic mass is 16.5. The summed E-state index contributed by atoms with van der Waals surface area (Å²) in [5, 5.41) is 5.68. The molecule has 2 N–H and O–H groups in total. The van der Waals surface area contributed by atoms with Crippen molar-refractivity contribution in [2.75, 3.05) is 17.2 Å². The maximum Gasteiger partial charge on any atom is 0.323 e. The van der Waals surface area contributed by atoms with Gasteiger partial charge in [0.05, 0.1) is 12.3 Å². The van der Waals surface area contributed by atoms with Crippen molar-refractivity contribution in [3.8, 4) is 17.0 Å². The zero-order valence-electron chi connectivity index (χ0n) is 16.2. The number of benzene rings is 2. The molecule has 146 valence electrons. The summed E-state index contributed by atoms with van der Waals surface area (Å²) in [4.78, 5) is 21.3. The number of rotatable bonds is 5. The number of carbonyl (C=O) groups is 1. The molecule has 0 atom stereocenters. The lowest BCUT2D eigenvalue weighted by Gasteiger charge is -2.10. The number of hydrogen-bond donors (Lipinski definition) is 2. The van der Waals surface area contributed by atoms with Gasteiger partial charge in [-0.05, 0) is 56.3 Å². The molecule has 0 unspecified atom stereocenters. The summed E-state index contributed by atoms with van der Waals surface area (Å²) in [7, 11) is 0. The van der Waals surface area contributed by atoms with E-state index < -0.39 is 0 Å². The lowest BCUT2D eigenvalue weighted by Crippen LogP contribution is -2.19. The molecular formula is C22H21N5O2. The molecule has 0 fully saturated rings. The average Bonchev–Trinajstić information content (AvgIpc) is 3.07. The number of nitrogens with zero attached hydrogens (tertiary/aromatic N) is 3. The number of amides is 2. The van der Waals surface area contributed by atoms with Gasteiger partial charge in [-0.2, -0.15) is 0 Å². The summed E-state index contributed by atoms with van der Waals surface area (Å²) in [5.74, 6) is 1.41. The number of ether oxygens (including phenoxy) is 1. The van der Waals surface area contributed by atoms with Crippen molar-refractivity contribution in [1.82, 2.24) is 14.4 Å². The minimum Gasteiger partial charge on any atom is -0.494 e. The normalized spacial score (nSPS) is 10.7. The first-order chi connectivity index (χ1) is 14.1. The fourth-order valence-electron chi connectivity index (χ4n) is 3.11. The standard InChI is InChI=1S/C22H21N5O2/c1-3-29-19-10-8-17(9-11-19)24-22(28)25-18-7-4-6-16(14-18)20-15(2)27-13-5-12-23-21(27)26-20/h4-14H,3H2,1-2H3,(H2,24,25,28). The van der Waals surface area contributed by atoms with Gasteiger partial charge in [0.15, 0.2) is 0 Å². The number of imidazole rings is 1. The van der Waals surface area contributed by atoms with Crippen LogP contribution in [-0.4, -0.2) is 27.0 Å². The first kappa shape index (κ1) is 18.5. The molecule has 0 saturated heterocycles. The van der Waals surface area contributed by atoms with E-state index in [2.05, 4.69) is 20.6 Å². The van der Waals surface area contributed by atoms with Gasteiger partial charge in [0, 0.05) is 35.0 Å². The molecule has 0 aliphatic heterocycles. The number of aromatic nitrogens is 3. The zero-order valence-corrected chi connectivity index (χ0v) is 16.2. The van der Waals surface area contributed by atoms with Crippen LogP contribution in [-0.2, 0) is 0 Å². The van der Waals surface area contributed by atoms with Crippen molar-refractivity contribution in [3.63, 3.8) is 0 Å². The third-order valence-electron chi connectivity index (χ3n) is 4.46. The molecule has 0 saturated carbocycles. The number of hydrogen-bond acceptors (Lipinski definition) is 4. The second kappa shape index (κ2) is 8.02. The highest BCUT2D eigenvalue weighted by Crippen LogP contribution is 2.25. The van der Waals surface area contributed by atoms with E-state index in [4.69, 9.17) is 4.74 Å². The van der Waals surface area contributed by atoms with Crippen LogP contribution < -0.4 is 15.4 Å². The van der Waals surface area contributed by atoms with Crippen LogP contribution in [0.15, 0.2) is 67.0 Å². The lowest BCUT2D eigenvalue weighted by atomic mass is 10.1. The van der Waals surface area contributed by atoms with Gasteiger partial charge in [-0.1, -0.05) is 12.1 Å². The first-order valence-corrected chi connectivity index (χ1v) is 9.35. The molecular weight excluding hydrogens is 366 g/mol. The second-order valence-corrected chi connectivity index (χ2v) is 6.45. The van der Waals surface area contributed by atoms with Crippen molar-refractivity contribution >= 4 is 23.2 Å². The Hall–Kier alpha value is -3.87. The number of urea groups is 1. The van der Waals surface area contributed by atoms with Gasteiger partial charge in [-0.25, -0.2) is 14.8 Å². The molecule has 29 heavy (non-hydrogen) atoms. The number of aryl methyl sites for hydroxylation is 1. The van der Waals surface area contributed by atoms with E-state index in [-0.39, 0.29) is 6.03 Å². The molecule has 2 amide bonds. The highest BCUT2D eigenvalue weighted by Gasteiger charge is 2.12. The Kier molecular flexibility index (Phi) is 5.11. The number of anilines is 2. The molecule has 0 radical (unpaired) electrons. The molecule has 0 spiro atoms. The number of carbonyl (C=O) groups excluding carboxylic acids is 1. The van der Waals surface area contributed by atoms with Crippen molar-refractivity contribution in [2.24, 2.45) is 0 Å². The van der Waals surface area contributed by atoms with Crippen LogP contribution in [0, 0.1) is 6.92 Å². The Labute approximate surface area is 168 Å². The maximum atomic E-state index is 12.4. The van der Waals surface area contributed by atoms with Gasteiger partial charge < -0.3 is 15.4 Å². The van der Waals surface area contributed by atoms with Gasteiger partial charge in [0.2, 0.25) is 5.78 Å². The van der Waals surface area contributed by atoms with E-state index >= 15 is 0 Å². The van der Waals surface area contributed by atoms with E-state index in [1.165, 1.54) is 0 Å². The molecule has 0 aliphatic carbocycles. The highest BCUT2D eigenvalue weighted by molar-refractivity contribution is 6.00. The van der Waals surface area contributed by atoms with Crippen LogP contribution in [0.1, 0.15) is 12.6 Å². The molecule has 2 aromatic heterocycles. The monoisotopic (exact) mass is 387 g/mol. The van der Waals surface area contributed by atoms with Crippen LogP contribution in [0.2, 0.25) is 0 Å². The Morgan fingerprint density at radius 3 is 2.62 bits per heavy atom. The molecule has 2 heterocycles. The third kappa shape index (κ3) is 4.03. The molecule has 0 bridgehead atoms. The molecule has 0 aliphatic rings. The van der Waals surface area contributed by atoms with Gasteiger partial charge >= 0.3 is 6.03 Å².